The second-order valence-corrected chi connectivity index (χ2v) is 5.15. The summed E-state index contributed by atoms with van der Waals surface area (Å²) in [7, 11) is 5.31. The highest BCUT2D eigenvalue weighted by Crippen LogP contribution is 2.33. The predicted octanol–water partition coefficient (Wildman–Crippen LogP) is 1.72. The van der Waals surface area contributed by atoms with Crippen molar-refractivity contribution < 1.29 is 4.74 Å². The monoisotopic (exact) mass is 296 g/mol. The van der Waals surface area contributed by atoms with E-state index in [2.05, 4.69) is 20.5 Å². The maximum absolute atomic E-state index is 6.09. The van der Waals surface area contributed by atoms with Gasteiger partial charge in [0.15, 0.2) is 5.96 Å². The van der Waals surface area contributed by atoms with Gasteiger partial charge >= 0.3 is 0 Å². The molecule has 1 saturated heterocycles. The molecule has 1 aliphatic rings. The number of nitrogens with zero attached hydrogens (tertiary/aromatic N) is 2. The van der Waals surface area contributed by atoms with E-state index in [9.17, 15) is 0 Å². The zero-order valence-electron chi connectivity index (χ0n) is 12.1. The van der Waals surface area contributed by atoms with Gasteiger partial charge in [0, 0.05) is 38.2 Å². The molecule has 0 bridgehead atoms. The Hall–Kier alpha value is -1.62. The van der Waals surface area contributed by atoms with Gasteiger partial charge in [-0.15, -0.1) is 0 Å². The standard InChI is InChI=1S/C14H21ClN4O/c1-16-14(17-2)18-11-6-7-19(9-11)12-8-10(15)4-5-13(12)20-3/h4-5,8,11H,6-7,9H2,1-3H3,(H2,16,17,18). The highest BCUT2D eigenvalue weighted by molar-refractivity contribution is 6.30. The van der Waals surface area contributed by atoms with Crippen LogP contribution in [0.5, 0.6) is 5.75 Å². The number of ether oxygens (including phenoxy) is 1. The van der Waals surface area contributed by atoms with Crippen molar-refractivity contribution in [3.63, 3.8) is 0 Å². The molecule has 0 aliphatic carbocycles. The minimum atomic E-state index is 0.366. The molecule has 5 nitrogen and oxygen atoms in total. The summed E-state index contributed by atoms with van der Waals surface area (Å²) in [4.78, 5) is 6.43. The summed E-state index contributed by atoms with van der Waals surface area (Å²) in [5, 5.41) is 7.16. The quantitative estimate of drug-likeness (QED) is 0.659. The molecule has 1 unspecified atom stereocenters. The van der Waals surface area contributed by atoms with Crippen LogP contribution in [0.15, 0.2) is 23.2 Å². The molecule has 1 fully saturated rings. The van der Waals surface area contributed by atoms with Crippen LogP contribution in [0.25, 0.3) is 0 Å². The van der Waals surface area contributed by atoms with Gasteiger partial charge in [-0.3, -0.25) is 4.99 Å². The van der Waals surface area contributed by atoms with E-state index in [4.69, 9.17) is 16.3 Å². The van der Waals surface area contributed by atoms with Crippen LogP contribution in [0.4, 0.5) is 5.69 Å². The van der Waals surface area contributed by atoms with E-state index in [0.717, 1.165) is 41.9 Å². The number of methoxy groups -OCH3 is 1. The van der Waals surface area contributed by atoms with Gasteiger partial charge in [-0.05, 0) is 24.6 Å². The summed E-state index contributed by atoms with van der Waals surface area (Å²) < 4.78 is 5.41. The first-order chi connectivity index (χ1) is 9.67. The molecule has 1 aromatic carbocycles. The van der Waals surface area contributed by atoms with E-state index in [1.807, 2.05) is 25.2 Å². The minimum absolute atomic E-state index is 0.366. The van der Waals surface area contributed by atoms with Crippen LogP contribution < -0.4 is 20.3 Å². The molecule has 0 amide bonds. The fraction of sp³-hybridized carbons (Fsp3) is 0.500. The van der Waals surface area contributed by atoms with E-state index >= 15 is 0 Å². The molecule has 20 heavy (non-hydrogen) atoms. The van der Waals surface area contributed by atoms with Crippen LogP contribution in [-0.2, 0) is 0 Å². The van der Waals surface area contributed by atoms with Gasteiger partial charge in [0.25, 0.3) is 0 Å². The first kappa shape index (κ1) is 14.8. The van der Waals surface area contributed by atoms with E-state index in [1.165, 1.54) is 0 Å². The zero-order valence-corrected chi connectivity index (χ0v) is 12.9. The van der Waals surface area contributed by atoms with E-state index in [1.54, 1.807) is 14.2 Å². The average Bonchev–Trinajstić information content (AvgIpc) is 2.93. The largest absolute Gasteiger partial charge is 0.495 e. The van der Waals surface area contributed by atoms with E-state index < -0.39 is 0 Å². The molecule has 0 saturated carbocycles. The van der Waals surface area contributed by atoms with Crippen molar-refractivity contribution in [1.29, 1.82) is 0 Å². The Morgan fingerprint density at radius 3 is 2.95 bits per heavy atom. The molecule has 1 heterocycles. The van der Waals surface area contributed by atoms with Crippen LogP contribution in [-0.4, -0.2) is 46.3 Å². The van der Waals surface area contributed by atoms with Crippen molar-refractivity contribution in [2.24, 2.45) is 4.99 Å². The van der Waals surface area contributed by atoms with E-state index in [0.29, 0.717) is 6.04 Å². The lowest BCUT2D eigenvalue weighted by Gasteiger charge is -2.22. The number of anilines is 1. The van der Waals surface area contributed by atoms with Crippen molar-refractivity contribution >= 4 is 23.2 Å². The lowest BCUT2D eigenvalue weighted by Crippen LogP contribution is -2.43. The Kier molecular flexibility index (Phi) is 4.95. The first-order valence-electron chi connectivity index (χ1n) is 6.67. The predicted molar refractivity (Wildman–Crippen MR) is 84.2 cm³/mol. The number of hydrogen-bond acceptors (Lipinski definition) is 3. The van der Waals surface area contributed by atoms with Gasteiger partial charge in [-0.1, -0.05) is 11.6 Å². The third kappa shape index (κ3) is 3.28. The van der Waals surface area contributed by atoms with Gasteiger partial charge in [0.05, 0.1) is 12.8 Å². The summed E-state index contributed by atoms with van der Waals surface area (Å²) in [6.07, 6.45) is 1.05. The second-order valence-electron chi connectivity index (χ2n) is 4.71. The minimum Gasteiger partial charge on any atom is -0.495 e. The highest BCUT2D eigenvalue weighted by atomic mass is 35.5. The molecule has 6 heteroatoms. The van der Waals surface area contributed by atoms with Crippen molar-refractivity contribution in [1.82, 2.24) is 10.6 Å². The second kappa shape index (κ2) is 6.70. The molecular formula is C14H21ClN4O. The molecule has 2 rings (SSSR count). The maximum atomic E-state index is 6.09. The maximum Gasteiger partial charge on any atom is 0.190 e. The third-order valence-electron chi connectivity index (χ3n) is 3.47. The van der Waals surface area contributed by atoms with Gasteiger partial charge in [0.2, 0.25) is 0 Å². The fourth-order valence-corrected chi connectivity index (χ4v) is 2.62. The Morgan fingerprint density at radius 2 is 2.30 bits per heavy atom. The molecule has 1 aromatic rings. The number of rotatable bonds is 3. The van der Waals surface area contributed by atoms with Crippen LogP contribution in [0.1, 0.15) is 6.42 Å². The first-order valence-corrected chi connectivity index (χ1v) is 7.05. The number of aliphatic imine (C=N–C) groups is 1. The molecular weight excluding hydrogens is 276 g/mol. The number of hydrogen-bond donors (Lipinski definition) is 2. The van der Waals surface area contributed by atoms with Crippen molar-refractivity contribution in [2.45, 2.75) is 12.5 Å². The van der Waals surface area contributed by atoms with Gasteiger partial charge in [-0.25, -0.2) is 0 Å². The topological polar surface area (TPSA) is 48.9 Å². The number of halogens is 1. The summed E-state index contributed by atoms with van der Waals surface area (Å²) in [5.74, 6) is 1.67. The van der Waals surface area contributed by atoms with Crippen molar-refractivity contribution in [3.05, 3.63) is 23.2 Å². The fourth-order valence-electron chi connectivity index (χ4n) is 2.45. The van der Waals surface area contributed by atoms with Crippen LogP contribution >= 0.6 is 11.6 Å². The van der Waals surface area contributed by atoms with E-state index in [-0.39, 0.29) is 0 Å². The van der Waals surface area contributed by atoms with Gasteiger partial charge in [0.1, 0.15) is 5.75 Å². The molecule has 1 aliphatic heterocycles. The lowest BCUT2D eigenvalue weighted by atomic mass is 10.2. The molecule has 1 atom stereocenters. The Labute approximate surface area is 125 Å². The number of benzene rings is 1. The van der Waals surface area contributed by atoms with Gasteiger partial charge < -0.3 is 20.3 Å². The van der Waals surface area contributed by atoms with Crippen LogP contribution in [0.2, 0.25) is 5.02 Å². The van der Waals surface area contributed by atoms with Gasteiger partial charge in [-0.2, -0.15) is 0 Å². The zero-order chi connectivity index (χ0) is 14.5. The highest BCUT2D eigenvalue weighted by Gasteiger charge is 2.25. The van der Waals surface area contributed by atoms with Crippen molar-refractivity contribution in [2.75, 3.05) is 39.2 Å². The normalized spacial score (nSPS) is 19.1. The smallest absolute Gasteiger partial charge is 0.190 e. The molecule has 2 N–H and O–H groups in total. The van der Waals surface area contributed by atoms with Crippen molar-refractivity contribution in [3.8, 4) is 5.75 Å². The Morgan fingerprint density at radius 1 is 1.50 bits per heavy atom. The summed E-state index contributed by atoms with van der Waals surface area (Å²) in [6, 6.07) is 6.07. The molecule has 110 valence electrons. The average molecular weight is 297 g/mol. The van der Waals surface area contributed by atoms with Crippen LogP contribution in [0.3, 0.4) is 0 Å². The Balaban J connectivity index is 2.07. The molecule has 0 aromatic heterocycles. The lowest BCUT2D eigenvalue weighted by molar-refractivity contribution is 0.415. The van der Waals surface area contributed by atoms with Crippen LogP contribution in [0, 0.1) is 0 Å². The Bertz CT molecular complexity index is 492. The molecule has 0 spiro atoms. The molecule has 0 radical (unpaired) electrons. The summed E-state index contributed by atoms with van der Waals surface area (Å²) in [6.45, 7) is 1.87. The third-order valence-corrected chi connectivity index (χ3v) is 3.71. The number of guanidine groups is 1. The SMILES string of the molecule is CN=C(NC)NC1CCN(c2cc(Cl)ccc2OC)C1. The number of nitrogens with one attached hydrogen (secondary N) is 2. The summed E-state index contributed by atoms with van der Waals surface area (Å²) in [5.41, 5.74) is 1.05. The summed E-state index contributed by atoms with van der Waals surface area (Å²) >= 11 is 6.09.